The summed E-state index contributed by atoms with van der Waals surface area (Å²) in [6, 6.07) is 0. The largest absolute Gasteiger partial charge is 0.317 e. The quantitative estimate of drug-likeness (QED) is 0.460. The maximum atomic E-state index is 3.41. The molecule has 0 rings (SSSR count). The highest BCUT2D eigenvalue weighted by molar-refractivity contribution is 4.96. The molecule has 0 aromatic carbocycles. The minimum Gasteiger partial charge on any atom is -0.317 e. The molecule has 0 atom stereocenters. The predicted octanol–water partition coefficient (Wildman–Crippen LogP) is 3.67. The van der Waals surface area contributed by atoms with Gasteiger partial charge < -0.3 is 5.32 Å². The van der Waals surface area contributed by atoms with Crippen LogP contribution in [0.1, 0.15) is 52.9 Å². The van der Waals surface area contributed by atoms with Gasteiger partial charge in [0.05, 0.1) is 0 Å². The summed E-state index contributed by atoms with van der Waals surface area (Å²) in [4.78, 5) is 0. The van der Waals surface area contributed by atoms with Crippen molar-refractivity contribution < 1.29 is 0 Å². The van der Waals surface area contributed by atoms with Gasteiger partial charge in [-0.05, 0) is 63.8 Å². The van der Waals surface area contributed by atoms with Crippen molar-refractivity contribution in [2.45, 2.75) is 52.9 Å². The SMILES string of the molecule is CCCNCCCCC=C=C(C)CC. The standard InChI is InChI=1S/C13H25N/c1-4-11-14-12-9-7-6-8-10-13(3)5-2/h8,14H,4-7,9,11-12H2,1-3H3. The molecule has 0 radical (unpaired) electrons. The average molecular weight is 195 g/mol. The Hall–Kier alpha value is -0.520. The summed E-state index contributed by atoms with van der Waals surface area (Å²) in [6.07, 6.45) is 8.26. The molecule has 0 aromatic heterocycles. The first-order valence-electron chi connectivity index (χ1n) is 5.92. The second-order valence-corrected chi connectivity index (χ2v) is 3.73. The van der Waals surface area contributed by atoms with Crippen molar-refractivity contribution in [3.63, 3.8) is 0 Å². The molecular formula is C13H25N. The van der Waals surface area contributed by atoms with Crippen LogP contribution in [0.15, 0.2) is 17.4 Å². The molecule has 0 unspecified atom stereocenters. The Bertz CT molecular complexity index is 176. The van der Waals surface area contributed by atoms with Gasteiger partial charge in [-0.25, -0.2) is 0 Å². The van der Waals surface area contributed by atoms with Crippen molar-refractivity contribution >= 4 is 0 Å². The van der Waals surface area contributed by atoms with E-state index >= 15 is 0 Å². The van der Waals surface area contributed by atoms with Crippen LogP contribution in [-0.4, -0.2) is 13.1 Å². The fraction of sp³-hybridized carbons (Fsp3) is 0.769. The normalized spacial score (nSPS) is 9.64. The molecule has 0 aliphatic rings. The zero-order valence-electron chi connectivity index (χ0n) is 10.0. The molecular weight excluding hydrogens is 170 g/mol. The zero-order chi connectivity index (χ0) is 10.6. The fourth-order valence-corrected chi connectivity index (χ4v) is 1.15. The second-order valence-electron chi connectivity index (χ2n) is 3.73. The van der Waals surface area contributed by atoms with E-state index in [9.17, 15) is 0 Å². The molecule has 0 spiro atoms. The number of nitrogens with one attached hydrogen (secondary N) is 1. The van der Waals surface area contributed by atoms with Crippen LogP contribution in [0.4, 0.5) is 0 Å². The molecule has 1 N–H and O–H groups in total. The monoisotopic (exact) mass is 195 g/mol. The Labute approximate surface area is 89.3 Å². The van der Waals surface area contributed by atoms with Crippen LogP contribution in [-0.2, 0) is 0 Å². The summed E-state index contributed by atoms with van der Waals surface area (Å²) >= 11 is 0. The van der Waals surface area contributed by atoms with Crippen LogP contribution < -0.4 is 5.32 Å². The Morgan fingerprint density at radius 3 is 2.64 bits per heavy atom. The van der Waals surface area contributed by atoms with E-state index in [1.165, 1.54) is 31.3 Å². The van der Waals surface area contributed by atoms with Crippen LogP contribution in [0.3, 0.4) is 0 Å². The molecule has 0 saturated carbocycles. The minimum atomic E-state index is 1.12. The van der Waals surface area contributed by atoms with E-state index < -0.39 is 0 Å². The van der Waals surface area contributed by atoms with E-state index in [4.69, 9.17) is 0 Å². The molecule has 82 valence electrons. The molecule has 0 aromatic rings. The highest BCUT2D eigenvalue weighted by Gasteiger charge is 1.86. The smallest absolute Gasteiger partial charge is 0.00488 e. The third-order valence-corrected chi connectivity index (χ3v) is 2.26. The van der Waals surface area contributed by atoms with E-state index in [2.05, 4.69) is 37.9 Å². The lowest BCUT2D eigenvalue weighted by molar-refractivity contribution is 0.620. The van der Waals surface area contributed by atoms with Crippen molar-refractivity contribution in [3.8, 4) is 0 Å². The van der Waals surface area contributed by atoms with Crippen LogP contribution in [0.5, 0.6) is 0 Å². The van der Waals surface area contributed by atoms with Gasteiger partial charge in [-0.1, -0.05) is 13.8 Å². The van der Waals surface area contributed by atoms with Gasteiger partial charge in [0.15, 0.2) is 0 Å². The highest BCUT2D eigenvalue weighted by atomic mass is 14.8. The molecule has 0 heterocycles. The number of hydrogen-bond acceptors (Lipinski definition) is 1. The first-order chi connectivity index (χ1) is 6.81. The number of unbranched alkanes of at least 4 members (excludes halogenated alkanes) is 2. The van der Waals surface area contributed by atoms with Gasteiger partial charge in [-0.2, -0.15) is 0 Å². The molecule has 0 fully saturated rings. The Balaban J connectivity index is 3.25. The summed E-state index contributed by atoms with van der Waals surface area (Å²) in [5.41, 5.74) is 4.66. The van der Waals surface area contributed by atoms with E-state index in [1.54, 1.807) is 0 Å². The van der Waals surface area contributed by atoms with Crippen LogP contribution in [0.2, 0.25) is 0 Å². The van der Waals surface area contributed by atoms with E-state index in [1.807, 2.05) is 0 Å². The van der Waals surface area contributed by atoms with Crippen molar-refractivity contribution in [2.75, 3.05) is 13.1 Å². The Morgan fingerprint density at radius 2 is 2.00 bits per heavy atom. The average Bonchev–Trinajstić information content (AvgIpc) is 2.21. The first-order valence-corrected chi connectivity index (χ1v) is 5.92. The summed E-state index contributed by atoms with van der Waals surface area (Å²) in [5.74, 6) is 0. The van der Waals surface area contributed by atoms with Gasteiger partial charge in [0.25, 0.3) is 0 Å². The summed E-state index contributed by atoms with van der Waals surface area (Å²) in [6.45, 7) is 8.83. The number of hydrogen-bond donors (Lipinski definition) is 1. The lowest BCUT2D eigenvalue weighted by Gasteiger charge is -2.00. The van der Waals surface area contributed by atoms with Crippen LogP contribution in [0, 0.1) is 0 Å². The molecule has 0 aliphatic carbocycles. The van der Waals surface area contributed by atoms with E-state index in [0.29, 0.717) is 0 Å². The lowest BCUT2D eigenvalue weighted by atomic mass is 10.2. The topological polar surface area (TPSA) is 12.0 Å². The molecule has 14 heavy (non-hydrogen) atoms. The van der Waals surface area contributed by atoms with Crippen molar-refractivity contribution in [1.82, 2.24) is 5.32 Å². The fourth-order valence-electron chi connectivity index (χ4n) is 1.15. The van der Waals surface area contributed by atoms with Gasteiger partial charge in [0.1, 0.15) is 0 Å². The number of allylic oxidation sites excluding steroid dienone is 1. The third kappa shape index (κ3) is 9.57. The maximum absolute atomic E-state index is 3.41. The summed E-state index contributed by atoms with van der Waals surface area (Å²) < 4.78 is 0. The molecule has 0 bridgehead atoms. The highest BCUT2D eigenvalue weighted by Crippen LogP contribution is 1.98. The molecule has 0 aliphatic heterocycles. The molecule has 1 heteroatoms. The third-order valence-electron chi connectivity index (χ3n) is 2.26. The van der Waals surface area contributed by atoms with Crippen LogP contribution >= 0.6 is 0 Å². The Morgan fingerprint density at radius 1 is 1.21 bits per heavy atom. The maximum Gasteiger partial charge on any atom is -0.00488 e. The second kappa shape index (κ2) is 10.6. The van der Waals surface area contributed by atoms with Crippen LogP contribution in [0.25, 0.3) is 0 Å². The zero-order valence-corrected chi connectivity index (χ0v) is 10.0. The molecule has 0 saturated heterocycles. The van der Waals surface area contributed by atoms with Gasteiger partial charge in [-0.3, -0.25) is 0 Å². The van der Waals surface area contributed by atoms with E-state index in [-0.39, 0.29) is 0 Å². The van der Waals surface area contributed by atoms with Gasteiger partial charge in [-0.15, -0.1) is 5.73 Å². The van der Waals surface area contributed by atoms with Crippen molar-refractivity contribution in [1.29, 1.82) is 0 Å². The minimum absolute atomic E-state index is 1.12. The van der Waals surface area contributed by atoms with Gasteiger partial charge in [0.2, 0.25) is 0 Å². The summed E-state index contributed by atoms with van der Waals surface area (Å²) in [7, 11) is 0. The lowest BCUT2D eigenvalue weighted by Crippen LogP contribution is -2.15. The Kier molecular flexibility index (Phi) is 10.2. The molecule has 1 nitrogen and oxygen atoms in total. The predicted molar refractivity (Wildman–Crippen MR) is 64.6 cm³/mol. The van der Waals surface area contributed by atoms with Gasteiger partial charge in [0, 0.05) is 0 Å². The molecule has 0 amide bonds. The first kappa shape index (κ1) is 13.5. The van der Waals surface area contributed by atoms with E-state index in [0.717, 1.165) is 19.5 Å². The van der Waals surface area contributed by atoms with Crippen molar-refractivity contribution in [2.24, 2.45) is 0 Å². The summed E-state index contributed by atoms with van der Waals surface area (Å²) in [5, 5.41) is 3.41. The van der Waals surface area contributed by atoms with Gasteiger partial charge >= 0.3 is 0 Å². The van der Waals surface area contributed by atoms with Crippen molar-refractivity contribution in [3.05, 3.63) is 17.4 Å². The number of rotatable bonds is 8.